The molecule has 5 nitrogen and oxygen atoms in total. The predicted octanol–water partition coefficient (Wildman–Crippen LogP) is 2.67. The average Bonchev–Trinajstić information content (AvgIpc) is 2.41. The van der Waals surface area contributed by atoms with Crippen LogP contribution in [-0.2, 0) is 0 Å². The Kier molecular flexibility index (Phi) is 3.79. The molecule has 0 aliphatic rings. The maximum absolute atomic E-state index is 12.1. The van der Waals surface area contributed by atoms with E-state index in [1.807, 2.05) is 6.92 Å². The number of carbonyl (C=O) groups excluding carboxylic acids is 1. The Bertz CT molecular complexity index is 632. The molecule has 0 aliphatic heterocycles. The smallest absolute Gasteiger partial charge is 0.263 e. The van der Waals surface area contributed by atoms with Crippen LogP contribution in [0, 0.1) is 6.92 Å². The lowest BCUT2D eigenvalue weighted by Crippen LogP contribution is -2.13. The van der Waals surface area contributed by atoms with Gasteiger partial charge in [-0.1, -0.05) is 6.07 Å². The highest BCUT2D eigenvalue weighted by molar-refractivity contribution is 6.08. The van der Waals surface area contributed by atoms with E-state index in [-0.39, 0.29) is 17.1 Å². The van der Waals surface area contributed by atoms with Gasteiger partial charge < -0.3 is 20.3 Å². The summed E-state index contributed by atoms with van der Waals surface area (Å²) in [7, 11) is 1.56. The van der Waals surface area contributed by atoms with Crippen LogP contribution in [-0.4, -0.2) is 23.2 Å². The van der Waals surface area contributed by atoms with E-state index in [2.05, 4.69) is 5.32 Å². The number of nitrogens with one attached hydrogen (secondary N) is 1. The van der Waals surface area contributed by atoms with Crippen LogP contribution in [0.2, 0.25) is 0 Å². The molecule has 0 heterocycles. The Hall–Kier alpha value is -2.69. The largest absolute Gasteiger partial charge is 0.507 e. The minimum absolute atomic E-state index is 0.150. The zero-order valence-corrected chi connectivity index (χ0v) is 11.2. The molecule has 3 N–H and O–H groups in total. The van der Waals surface area contributed by atoms with Crippen molar-refractivity contribution in [2.75, 3.05) is 12.4 Å². The van der Waals surface area contributed by atoms with Gasteiger partial charge in [0.2, 0.25) is 0 Å². The van der Waals surface area contributed by atoms with Crippen LogP contribution in [0.3, 0.4) is 0 Å². The van der Waals surface area contributed by atoms with E-state index in [9.17, 15) is 15.0 Å². The third-order valence-corrected chi connectivity index (χ3v) is 2.93. The molecule has 2 aromatic rings. The first kappa shape index (κ1) is 13.7. The maximum Gasteiger partial charge on any atom is 0.263 e. The number of aryl methyl sites for hydroxylation is 1. The Morgan fingerprint density at radius 2 is 1.80 bits per heavy atom. The van der Waals surface area contributed by atoms with Crippen LogP contribution in [0.5, 0.6) is 17.2 Å². The van der Waals surface area contributed by atoms with Gasteiger partial charge in [0.25, 0.3) is 5.91 Å². The van der Waals surface area contributed by atoms with Gasteiger partial charge in [0, 0.05) is 5.69 Å². The van der Waals surface area contributed by atoms with E-state index >= 15 is 0 Å². The number of hydrogen-bond donors (Lipinski definition) is 3. The number of ether oxygens (including phenoxy) is 1. The van der Waals surface area contributed by atoms with Crippen LogP contribution in [0.1, 0.15) is 15.9 Å². The van der Waals surface area contributed by atoms with Gasteiger partial charge in [0.05, 0.1) is 7.11 Å². The second-order valence-corrected chi connectivity index (χ2v) is 4.31. The summed E-state index contributed by atoms with van der Waals surface area (Å²) >= 11 is 0. The van der Waals surface area contributed by atoms with Crippen molar-refractivity contribution in [2.24, 2.45) is 0 Å². The van der Waals surface area contributed by atoms with E-state index < -0.39 is 5.91 Å². The fraction of sp³-hybridized carbons (Fsp3) is 0.133. The number of phenolic OH excluding ortho intramolecular Hbond substituents is 2. The van der Waals surface area contributed by atoms with Crippen molar-refractivity contribution in [3.05, 3.63) is 47.5 Å². The lowest BCUT2D eigenvalue weighted by atomic mass is 10.1. The topological polar surface area (TPSA) is 78.8 Å². The molecule has 2 aromatic carbocycles. The molecule has 0 fully saturated rings. The van der Waals surface area contributed by atoms with E-state index in [0.29, 0.717) is 11.4 Å². The normalized spacial score (nSPS) is 10.1. The first-order chi connectivity index (χ1) is 9.52. The second-order valence-electron chi connectivity index (χ2n) is 4.31. The maximum atomic E-state index is 12.1. The van der Waals surface area contributed by atoms with Gasteiger partial charge in [-0.2, -0.15) is 0 Å². The number of amides is 1. The van der Waals surface area contributed by atoms with Gasteiger partial charge in [0.1, 0.15) is 22.8 Å². The summed E-state index contributed by atoms with van der Waals surface area (Å²) in [6.45, 7) is 1.82. The highest BCUT2D eigenvalue weighted by atomic mass is 16.5. The molecule has 0 bridgehead atoms. The monoisotopic (exact) mass is 273 g/mol. The fourth-order valence-electron chi connectivity index (χ4n) is 1.85. The highest BCUT2D eigenvalue weighted by Gasteiger charge is 2.16. The third kappa shape index (κ3) is 2.66. The molecular weight excluding hydrogens is 258 g/mol. The van der Waals surface area contributed by atoms with Crippen LogP contribution in [0.25, 0.3) is 0 Å². The summed E-state index contributed by atoms with van der Waals surface area (Å²) in [4.78, 5) is 12.1. The number of anilines is 1. The molecule has 1 amide bonds. The highest BCUT2D eigenvalue weighted by Crippen LogP contribution is 2.28. The Morgan fingerprint density at radius 1 is 1.15 bits per heavy atom. The lowest BCUT2D eigenvalue weighted by molar-refractivity contribution is 0.102. The zero-order chi connectivity index (χ0) is 14.7. The van der Waals surface area contributed by atoms with Crippen molar-refractivity contribution in [3.8, 4) is 17.2 Å². The van der Waals surface area contributed by atoms with E-state index in [4.69, 9.17) is 4.74 Å². The molecule has 0 unspecified atom stereocenters. The molecule has 0 aliphatic carbocycles. The summed E-state index contributed by atoms with van der Waals surface area (Å²) in [5.74, 6) is -0.429. The molecule has 0 aromatic heterocycles. The fourth-order valence-corrected chi connectivity index (χ4v) is 1.85. The molecule has 20 heavy (non-hydrogen) atoms. The van der Waals surface area contributed by atoms with Gasteiger partial charge in [-0.25, -0.2) is 0 Å². The molecular formula is C15H15NO4. The van der Waals surface area contributed by atoms with E-state index in [1.54, 1.807) is 25.3 Å². The molecule has 0 atom stereocenters. The minimum atomic E-state index is -0.575. The number of hydrogen-bond acceptors (Lipinski definition) is 4. The van der Waals surface area contributed by atoms with Crippen molar-refractivity contribution in [1.29, 1.82) is 0 Å². The molecule has 5 heteroatoms. The van der Waals surface area contributed by atoms with Crippen molar-refractivity contribution < 1.29 is 19.7 Å². The minimum Gasteiger partial charge on any atom is -0.507 e. The summed E-state index contributed by atoms with van der Waals surface area (Å²) in [5.41, 5.74) is 1.24. The van der Waals surface area contributed by atoms with Crippen molar-refractivity contribution in [1.82, 2.24) is 0 Å². The first-order valence-corrected chi connectivity index (χ1v) is 6.00. The first-order valence-electron chi connectivity index (χ1n) is 6.00. The van der Waals surface area contributed by atoms with Gasteiger partial charge in [0.15, 0.2) is 0 Å². The summed E-state index contributed by atoms with van der Waals surface area (Å²) < 4.78 is 5.09. The van der Waals surface area contributed by atoms with Crippen LogP contribution in [0.15, 0.2) is 36.4 Å². The standard InChI is InChI=1S/C15H15NO4/c1-9-8-10(20-2)6-7-11(9)16-15(19)14-12(17)4-3-5-13(14)18/h3-8,17-18H,1-2H3,(H,16,19). The molecule has 104 valence electrons. The number of aromatic hydroxyl groups is 2. The third-order valence-electron chi connectivity index (χ3n) is 2.93. The average molecular weight is 273 g/mol. The SMILES string of the molecule is COc1ccc(NC(=O)c2c(O)cccc2O)c(C)c1. The van der Waals surface area contributed by atoms with E-state index in [0.717, 1.165) is 5.56 Å². The summed E-state index contributed by atoms with van der Waals surface area (Å²) in [5, 5.41) is 21.9. The molecule has 2 rings (SSSR count). The number of phenols is 2. The summed E-state index contributed by atoms with van der Waals surface area (Å²) in [6, 6.07) is 9.34. The second kappa shape index (κ2) is 5.52. The Labute approximate surface area is 116 Å². The van der Waals surface area contributed by atoms with Crippen LogP contribution < -0.4 is 10.1 Å². The number of methoxy groups -OCH3 is 1. The van der Waals surface area contributed by atoms with Crippen LogP contribution >= 0.6 is 0 Å². The van der Waals surface area contributed by atoms with Gasteiger partial charge >= 0.3 is 0 Å². The quantitative estimate of drug-likeness (QED) is 0.803. The molecule has 0 saturated carbocycles. The molecule has 0 radical (unpaired) electrons. The van der Waals surface area contributed by atoms with Crippen molar-refractivity contribution in [3.63, 3.8) is 0 Å². The van der Waals surface area contributed by atoms with Crippen molar-refractivity contribution in [2.45, 2.75) is 6.92 Å². The number of rotatable bonds is 3. The Balaban J connectivity index is 2.28. The van der Waals surface area contributed by atoms with Gasteiger partial charge in [-0.05, 0) is 42.8 Å². The van der Waals surface area contributed by atoms with Crippen molar-refractivity contribution >= 4 is 11.6 Å². The van der Waals surface area contributed by atoms with Gasteiger partial charge in [-0.3, -0.25) is 4.79 Å². The number of benzene rings is 2. The molecule has 0 saturated heterocycles. The van der Waals surface area contributed by atoms with Gasteiger partial charge in [-0.15, -0.1) is 0 Å². The Morgan fingerprint density at radius 3 is 2.35 bits per heavy atom. The lowest BCUT2D eigenvalue weighted by Gasteiger charge is -2.11. The van der Waals surface area contributed by atoms with Crippen LogP contribution in [0.4, 0.5) is 5.69 Å². The number of carbonyl (C=O) groups is 1. The predicted molar refractivity (Wildman–Crippen MR) is 75.5 cm³/mol. The van der Waals surface area contributed by atoms with E-state index in [1.165, 1.54) is 18.2 Å². The molecule has 0 spiro atoms. The summed E-state index contributed by atoms with van der Waals surface area (Å²) in [6.07, 6.45) is 0. The zero-order valence-electron chi connectivity index (χ0n) is 11.2.